The topological polar surface area (TPSA) is 82.3 Å². The summed E-state index contributed by atoms with van der Waals surface area (Å²) in [5.41, 5.74) is 0.125. The molecule has 0 aliphatic carbocycles. The molecule has 0 fully saturated rings. The quantitative estimate of drug-likeness (QED) is 0.908. The highest BCUT2D eigenvalue weighted by Gasteiger charge is 2.17. The maximum atomic E-state index is 13.2. The molecule has 2 rings (SSSR count). The molecule has 0 radical (unpaired) electrons. The fourth-order valence-corrected chi connectivity index (χ4v) is 1.79. The normalized spacial score (nSPS) is 9.76. The van der Waals surface area contributed by atoms with Gasteiger partial charge in [-0.15, -0.1) is 0 Å². The minimum absolute atomic E-state index is 0.163. The third kappa shape index (κ3) is 2.92. The average Bonchev–Trinajstić information content (AvgIpc) is 2.49. The van der Waals surface area contributed by atoms with E-state index in [1.807, 2.05) is 6.07 Å². The Labute approximate surface area is 120 Å². The summed E-state index contributed by atoms with van der Waals surface area (Å²) >= 11 is 0. The molecule has 1 amide bonds. The molecule has 2 aromatic carbocycles. The van der Waals surface area contributed by atoms with Gasteiger partial charge in [0, 0.05) is 0 Å². The van der Waals surface area contributed by atoms with Crippen molar-refractivity contribution in [3.63, 3.8) is 0 Å². The molecule has 0 aromatic heterocycles. The van der Waals surface area contributed by atoms with Crippen LogP contribution in [0.5, 0.6) is 11.5 Å². The number of aromatic hydroxyl groups is 1. The van der Waals surface area contributed by atoms with Crippen molar-refractivity contribution in [1.29, 1.82) is 5.26 Å². The molecule has 0 spiro atoms. The largest absolute Gasteiger partial charge is 0.507 e. The number of nitrogens with zero attached hydrogens (tertiary/aromatic N) is 1. The van der Waals surface area contributed by atoms with E-state index in [2.05, 4.69) is 5.32 Å². The Hall–Kier alpha value is -3.07. The molecule has 2 aromatic rings. The van der Waals surface area contributed by atoms with E-state index in [0.29, 0.717) is 5.75 Å². The van der Waals surface area contributed by atoms with Crippen LogP contribution in [0.4, 0.5) is 10.1 Å². The van der Waals surface area contributed by atoms with Gasteiger partial charge in [-0.05, 0) is 30.3 Å². The van der Waals surface area contributed by atoms with Crippen LogP contribution in [-0.4, -0.2) is 18.1 Å². The van der Waals surface area contributed by atoms with Gasteiger partial charge in [-0.25, -0.2) is 4.39 Å². The highest BCUT2D eigenvalue weighted by Crippen LogP contribution is 2.29. The number of para-hydroxylation sites is 1. The number of carbonyl (C=O) groups is 1. The molecular formula is C15H11FN2O3. The summed E-state index contributed by atoms with van der Waals surface area (Å²) in [5.74, 6) is -1.47. The van der Waals surface area contributed by atoms with Crippen molar-refractivity contribution in [3.8, 4) is 17.6 Å². The highest BCUT2D eigenvalue weighted by molar-refractivity contribution is 6.07. The first-order valence-corrected chi connectivity index (χ1v) is 5.93. The van der Waals surface area contributed by atoms with Crippen LogP contribution in [-0.2, 0) is 0 Å². The van der Waals surface area contributed by atoms with Gasteiger partial charge in [-0.3, -0.25) is 4.79 Å². The van der Waals surface area contributed by atoms with Crippen LogP contribution < -0.4 is 10.1 Å². The summed E-state index contributed by atoms with van der Waals surface area (Å²) in [5, 5.41) is 21.1. The van der Waals surface area contributed by atoms with Gasteiger partial charge in [0.05, 0.1) is 18.2 Å². The van der Waals surface area contributed by atoms with Crippen LogP contribution in [0.3, 0.4) is 0 Å². The minimum atomic E-state index is -0.743. The smallest absolute Gasteiger partial charge is 0.259 e. The Morgan fingerprint density at radius 3 is 2.81 bits per heavy atom. The van der Waals surface area contributed by atoms with Gasteiger partial charge in [0.2, 0.25) is 0 Å². The Morgan fingerprint density at radius 2 is 2.14 bits per heavy atom. The minimum Gasteiger partial charge on any atom is -0.507 e. The summed E-state index contributed by atoms with van der Waals surface area (Å²) in [6.07, 6.45) is 0. The molecule has 0 aliphatic heterocycles. The summed E-state index contributed by atoms with van der Waals surface area (Å²) < 4.78 is 18.2. The van der Waals surface area contributed by atoms with Crippen LogP contribution >= 0.6 is 0 Å². The van der Waals surface area contributed by atoms with Crippen molar-refractivity contribution in [3.05, 3.63) is 53.3 Å². The second kappa shape index (κ2) is 5.92. The number of nitrogens with one attached hydrogen (secondary N) is 1. The Kier molecular flexibility index (Phi) is 4.05. The molecule has 106 valence electrons. The Bertz CT molecular complexity index is 738. The van der Waals surface area contributed by atoms with Crippen LogP contribution in [0.25, 0.3) is 0 Å². The molecule has 0 heterocycles. The van der Waals surface area contributed by atoms with E-state index in [0.717, 1.165) is 18.2 Å². The molecule has 0 saturated heterocycles. The maximum Gasteiger partial charge on any atom is 0.259 e. The van der Waals surface area contributed by atoms with Gasteiger partial charge in [0.15, 0.2) is 0 Å². The van der Waals surface area contributed by atoms with E-state index in [1.165, 1.54) is 13.2 Å². The molecule has 0 atom stereocenters. The van der Waals surface area contributed by atoms with Gasteiger partial charge in [-0.1, -0.05) is 6.07 Å². The number of anilines is 1. The van der Waals surface area contributed by atoms with Crippen LogP contribution in [0, 0.1) is 17.1 Å². The summed E-state index contributed by atoms with van der Waals surface area (Å²) in [6, 6.07) is 9.63. The monoisotopic (exact) mass is 286 g/mol. The fraction of sp³-hybridized carbons (Fsp3) is 0.0667. The highest BCUT2D eigenvalue weighted by atomic mass is 19.1. The summed E-state index contributed by atoms with van der Waals surface area (Å²) in [4.78, 5) is 12.1. The molecule has 21 heavy (non-hydrogen) atoms. The molecule has 0 unspecified atom stereocenters. The molecule has 0 aliphatic rings. The van der Waals surface area contributed by atoms with Gasteiger partial charge in [-0.2, -0.15) is 5.26 Å². The van der Waals surface area contributed by atoms with Gasteiger partial charge < -0.3 is 15.2 Å². The van der Waals surface area contributed by atoms with E-state index in [9.17, 15) is 14.3 Å². The van der Waals surface area contributed by atoms with Crippen molar-refractivity contribution >= 4 is 11.6 Å². The van der Waals surface area contributed by atoms with E-state index >= 15 is 0 Å². The summed E-state index contributed by atoms with van der Waals surface area (Å²) in [6.45, 7) is 0. The molecule has 6 heteroatoms. The van der Waals surface area contributed by atoms with Gasteiger partial charge in [0.1, 0.15) is 29.1 Å². The van der Waals surface area contributed by atoms with Crippen LogP contribution in [0.1, 0.15) is 15.9 Å². The third-order valence-corrected chi connectivity index (χ3v) is 2.81. The van der Waals surface area contributed by atoms with Crippen molar-refractivity contribution < 1.29 is 19.0 Å². The van der Waals surface area contributed by atoms with E-state index in [-0.39, 0.29) is 22.6 Å². The van der Waals surface area contributed by atoms with Crippen LogP contribution in [0.15, 0.2) is 36.4 Å². The summed E-state index contributed by atoms with van der Waals surface area (Å²) in [7, 11) is 1.39. The number of methoxy groups -OCH3 is 1. The van der Waals surface area contributed by atoms with Crippen LogP contribution in [0.2, 0.25) is 0 Å². The lowest BCUT2D eigenvalue weighted by molar-refractivity contribution is 0.102. The van der Waals surface area contributed by atoms with E-state index in [4.69, 9.17) is 10.00 Å². The van der Waals surface area contributed by atoms with E-state index < -0.39 is 11.7 Å². The van der Waals surface area contributed by atoms with Gasteiger partial charge >= 0.3 is 0 Å². The molecule has 0 saturated carbocycles. The number of phenolic OH excluding ortho intramolecular Hbond substituents is 1. The molecular weight excluding hydrogens is 275 g/mol. The number of hydrogen-bond acceptors (Lipinski definition) is 4. The number of ether oxygens (including phenoxy) is 1. The predicted octanol–water partition coefficient (Wildman–Crippen LogP) is 2.66. The van der Waals surface area contributed by atoms with Crippen molar-refractivity contribution in [1.82, 2.24) is 0 Å². The van der Waals surface area contributed by atoms with Crippen molar-refractivity contribution in [2.24, 2.45) is 0 Å². The number of nitriles is 1. The molecule has 0 bridgehead atoms. The zero-order valence-electron chi connectivity index (χ0n) is 11.1. The molecule has 5 nitrogen and oxygen atoms in total. The number of amides is 1. The lowest BCUT2D eigenvalue weighted by Gasteiger charge is -2.12. The zero-order chi connectivity index (χ0) is 15.4. The SMILES string of the molecule is COc1cccc(C#N)c1NC(=O)c1cc(F)ccc1O. The Morgan fingerprint density at radius 1 is 1.38 bits per heavy atom. The number of phenols is 1. The lowest BCUT2D eigenvalue weighted by Crippen LogP contribution is -2.14. The average molecular weight is 286 g/mol. The second-order valence-corrected chi connectivity index (χ2v) is 4.11. The molecule has 2 N–H and O–H groups in total. The Balaban J connectivity index is 2.41. The maximum absolute atomic E-state index is 13.2. The number of rotatable bonds is 3. The third-order valence-electron chi connectivity index (χ3n) is 2.81. The van der Waals surface area contributed by atoms with Gasteiger partial charge in [0.25, 0.3) is 5.91 Å². The van der Waals surface area contributed by atoms with Crippen molar-refractivity contribution in [2.45, 2.75) is 0 Å². The zero-order valence-corrected chi connectivity index (χ0v) is 11.1. The first kappa shape index (κ1) is 14.3. The first-order valence-electron chi connectivity index (χ1n) is 5.93. The second-order valence-electron chi connectivity index (χ2n) is 4.11. The number of benzene rings is 2. The number of carbonyl (C=O) groups excluding carboxylic acids is 1. The number of hydrogen-bond donors (Lipinski definition) is 2. The lowest BCUT2D eigenvalue weighted by atomic mass is 10.1. The van der Waals surface area contributed by atoms with Crippen molar-refractivity contribution in [2.75, 3.05) is 12.4 Å². The van der Waals surface area contributed by atoms with E-state index in [1.54, 1.807) is 12.1 Å². The number of halogens is 1. The fourth-order valence-electron chi connectivity index (χ4n) is 1.79. The predicted molar refractivity (Wildman–Crippen MR) is 73.7 cm³/mol. The first-order chi connectivity index (χ1) is 10.1. The standard InChI is InChI=1S/C15H11FN2O3/c1-21-13-4-2-3-9(8-17)14(13)18-15(20)11-7-10(16)5-6-12(11)19/h2-7,19H,1H3,(H,18,20).